The fraction of sp³-hybridized carbons (Fsp3) is 0.357. The molecule has 3 rings (SSSR count). The molecule has 1 unspecified atom stereocenters. The van der Waals surface area contributed by atoms with Crippen LogP contribution < -0.4 is 15.5 Å². The van der Waals surface area contributed by atoms with E-state index in [0.29, 0.717) is 24.6 Å². The highest BCUT2D eigenvalue weighted by atomic mass is 16.2. The summed E-state index contributed by atoms with van der Waals surface area (Å²) in [5.74, 6) is 0.0796. The Morgan fingerprint density at radius 2 is 2.26 bits per heavy atom. The number of imide groups is 1. The van der Waals surface area contributed by atoms with Gasteiger partial charge < -0.3 is 10.2 Å². The number of hydrogen-bond donors (Lipinski definition) is 2. The Morgan fingerprint density at radius 1 is 1.43 bits per heavy atom. The summed E-state index contributed by atoms with van der Waals surface area (Å²) in [5.41, 5.74) is 0.773. The predicted octanol–water partition coefficient (Wildman–Crippen LogP) is -0.676. The van der Waals surface area contributed by atoms with Crippen LogP contribution in [0.4, 0.5) is 10.7 Å². The molecule has 0 aromatic carbocycles. The summed E-state index contributed by atoms with van der Waals surface area (Å²) in [6.45, 7) is 1.38. The molecular weight excluding hydrogens is 300 g/mol. The van der Waals surface area contributed by atoms with Gasteiger partial charge >= 0.3 is 6.03 Å². The van der Waals surface area contributed by atoms with Crippen LogP contribution in [0.3, 0.4) is 0 Å². The lowest BCUT2D eigenvalue weighted by Crippen LogP contribution is -2.32. The SMILES string of the molecule is CN1C(=O)NC(=O)/C1=C/c1ccnc(N2CCC(NC=O)C2)n1. The number of nitrogens with one attached hydrogen (secondary N) is 2. The number of anilines is 1. The molecular formula is C14H16N6O3. The van der Waals surface area contributed by atoms with Crippen molar-refractivity contribution in [2.45, 2.75) is 12.5 Å². The van der Waals surface area contributed by atoms with Crippen molar-refractivity contribution in [2.75, 3.05) is 25.0 Å². The molecule has 2 fully saturated rings. The lowest BCUT2D eigenvalue weighted by Gasteiger charge is -2.16. The van der Waals surface area contributed by atoms with Gasteiger partial charge in [-0.25, -0.2) is 14.8 Å². The van der Waals surface area contributed by atoms with Gasteiger partial charge in [0.2, 0.25) is 12.4 Å². The molecule has 1 aromatic heterocycles. The standard InChI is InChI=1S/C14H16N6O3/c1-19-11(12(22)18-14(19)23)6-9-2-4-15-13(17-9)20-5-3-10(7-20)16-8-21/h2,4,6,8,10H,3,5,7H2,1H3,(H,16,21)(H,18,22,23)/b11-6-. The average molecular weight is 316 g/mol. The molecule has 23 heavy (non-hydrogen) atoms. The Balaban J connectivity index is 1.80. The largest absolute Gasteiger partial charge is 0.354 e. The highest BCUT2D eigenvalue weighted by Crippen LogP contribution is 2.18. The van der Waals surface area contributed by atoms with Gasteiger partial charge in [0.1, 0.15) is 5.70 Å². The van der Waals surface area contributed by atoms with E-state index in [-0.39, 0.29) is 11.7 Å². The molecule has 1 aromatic rings. The number of carbonyl (C=O) groups excluding carboxylic acids is 3. The van der Waals surface area contributed by atoms with Crippen LogP contribution in [0.1, 0.15) is 12.1 Å². The summed E-state index contributed by atoms with van der Waals surface area (Å²) < 4.78 is 0. The third kappa shape index (κ3) is 2.98. The lowest BCUT2D eigenvalue weighted by atomic mass is 10.3. The highest BCUT2D eigenvalue weighted by molar-refractivity contribution is 6.13. The number of nitrogens with zero attached hydrogens (tertiary/aromatic N) is 4. The summed E-state index contributed by atoms with van der Waals surface area (Å²) in [7, 11) is 1.52. The molecule has 2 aliphatic heterocycles. The number of rotatable bonds is 4. The highest BCUT2D eigenvalue weighted by Gasteiger charge is 2.30. The van der Waals surface area contributed by atoms with Gasteiger partial charge in [-0.1, -0.05) is 0 Å². The van der Waals surface area contributed by atoms with E-state index in [1.807, 2.05) is 4.90 Å². The smallest absolute Gasteiger partial charge is 0.328 e. The Kier molecular flexibility index (Phi) is 3.92. The Morgan fingerprint density at radius 3 is 2.96 bits per heavy atom. The maximum absolute atomic E-state index is 11.7. The normalized spacial score (nSPS) is 22.7. The number of aromatic nitrogens is 2. The summed E-state index contributed by atoms with van der Waals surface area (Å²) in [5, 5.41) is 4.96. The fourth-order valence-corrected chi connectivity index (χ4v) is 2.58. The van der Waals surface area contributed by atoms with Gasteiger partial charge in [-0.2, -0.15) is 0 Å². The first kappa shape index (κ1) is 14.9. The molecule has 3 heterocycles. The van der Waals surface area contributed by atoms with E-state index in [9.17, 15) is 14.4 Å². The molecule has 0 bridgehead atoms. The van der Waals surface area contributed by atoms with Crippen LogP contribution in [0, 0.1) is 0 Å². The van der Waals surface area contributed by atoms with Crippen LogP contribution >= 0.6 is 0 Å². The zero-order chi connectivity index (χ0) is 16.4. The van der Waals surface area contributed by atoms with Crippen molar-refractivity contribution >= 4 is 30.4 Å². The zero-order valence-corrected chi connectivity index (χ0v) is 12.5. The Hall–Kier alpha value is -2.97. The third-order valence-electron chi connectivity index (χ3n) is 3.84. The van der Waals surface area contributed by atoms with Crippen molar-refractivity contribution in [1.82, 2.24) is 25.5 Å². The van der Waals surface area contributed by atoms with Crippen LogP contribution in [0.25, 0.3) is 6.08 Å². The predicted molar refractivity (Wildman–Crippen MR) is 81.1 cm³/mol. The first-order valence-electron chi connectivity index (χ1n) is 7.17. The van der Waals surface area contributed by atoms with Gasteiger partial charge in [0.25, 0.3) is 5.91 Å². The summed E-state index contributed by atoms with van der Waals surface area (Å²) in [4.78, 5) is 45.5. The minimum Gasteiger partial charge on any atom is -0.354 e. The molecule has 0 aliphatic carbocycles. The van der Waals surface area contributed by atoms with Gasteiger partial charge in [-0.3, -0.25) is 19.8 Å². The molecule has 2 N–H and O–H groups in total. The van der Waals surface area contributed by atoms with Crippen LogP contribution in [0.5, 0.6) is 0 Å². The van der Waals surface area contributed by atoms with Crippen molar-refractivity contribution in [3.8, 4) is 0 Å². The van der Waals surface area contributed by atoms with E-state index < -0.39 is 11.9 Å². The lowest BCUT2D eigenvalue weighted by molar-refractivity contribution is -0.116. The van der Waals surface area contributed by atoms with E-state index in [4.69, 9.17) is 0 Å². The van der Waals surface area contributed by atoms with Crippen LogP contribution in [-0.2, 0) is 9.59 Å². The van der Waals surface area contributed by atoms with E-state index in [2.05, 4.69) is 20.6 Å². The first-order chi connectivity index (χ1) is 11.1. The second-order valence-electron chi connectivity index (χ2n) is 5.35. The summed E-state index contributed by atoms with van der Waals surface area (Å²) in [6.07, 6.45) is 4.67. The fourth-order valence-electron chi connectivity index (χ4n) is 2.58. The van der Waals surface area contributed by atoms with Crippen LogP contribution in [-0.4, -0.2) is 59.4 Å². The Bertz CT molecular complexity index is 689. The maximum Gasteiger partial charge on any atom is 0.328 e. The summed E-state index contributed by atoms with van der Waals surface area (Å²) >= 11 is 0. The summed E-state index contributed by atoms with van der Waals surface area (Å²) in [6, 6.07) is 1.29. The van der Waals surface area contributed by atoms with Crippen molar-refractivity contribution in [2.24, 2.45) is 0 Å². The molecule has 9 nitrogen and oxygen atoms in total. The van der Waals surface area contributed by atoms with Crippen molar-refractivity contribution in [3.63, 3.8) is 0 Å². The van der Waals surface area contributed by atoms with Gasteiger partial charge in [0.15, 0.2) is 0 Å². The Labute approximate surface area is 132 Å². The number of carbonyl (C=O) groups is 3. The maximum atomic E-state index is 11.7. The molecule has 2 aliphatic rings. The average Bonchev–Trinajstić information content (AvgIpc) is 3.09. The minimum absolute atomic E-state index is 0.0856. The second-order valence-corrected chi connectivity index (χ2v) is 5.35. The second kappa shape index (κ2) is 6.03. The minimum atomic E-state index is -0.460. The van der Waals surface area contributed by atoms with Gasteiger partial charge in [0, 0.05) is 32.4 Å². The van der Waals surface area contributed by atoms with Gasteiger partial charge in [0.05, 0.1) is 5.69 Å². The van der Waals surface area contributed by atoms with Crippen molar-refractivity contribution in [1.29, 1.82) is 0 Å². The van der Waals surface area contributed by atoms with Crippen LogP contribution in [0.2, 0.25) is 0 Å². The van der Waals surface area contributed by atoms with Gasteiger partial charge in [-0.05, 0) is 18.6 Å². The van der Waals surface area contributed by atoms with Crippen LogP contribution in [0.15, 0.2) is 18.0 Å². The van der Waals surface area contributed by atoms with E-state index in [1.165, 1.54) is 11.9 Å². The number of likely N-dealkylation sites (N-methyl/N-ethyl adjacent to an activating group) is 1. The van der Waals surface area contributed by atoms with E-state index in [0.717, 1.165) is 13.0 Å². The van der Waals surface area contributed by atoms with E-state index in [1.54, 1.807) is 18.3 Å². The monoisotopic (exact) mass is 316 g/mol. The molecule has 2 saturated heterocycles. The first-order valence-corrected chi connectivity index (χ1v) is 7.17. The number of urea groups is 1. The van der Waals surface area contributed by atoms with Crippen molar-refractivity contribution < 1.29 is 14.4 Å². The van der Waals surface area contributed by atoms with Crippen molar-refractivity contribution in [3.05, 3.63) is 23.7 Å². The molecule has 4 amide bonds. The topological polar surface area (TPSA) is 108 Å². The van der Waals surface area contributed by atoms with Gasteiger partial charge in [-0.15, -0.1) is 0 Å². The third-order valence-corrected chi connectivity index (χ3v) is 3.84. The number of hydrogen-bond acceptors (Lipinski definition) is 6. The molecule has 0 radical (unpaired) electrons. The zero-order valence-electron chi connectivity index (χ0n) is 12.5. The molecule has 0 spiro atoms. The quantitative estimate of drug-likeness (QED) is 0.433. The molecule has 0 saturated carbocycles. The van der Waals surface area contributed by atoms with E-state index >= 15 is 0 Å². The number of amides is 4. The molecule has 120 valence electrons. The molecule has 9 heteroatoms. The molecule has 1 atom stereocenters.